The Morgan fingerprint density at radius 3 is 2.32 bits per heavy atom. The first-order valence-electron chi connectivity index (χ1n) is 10.6. The van der Waals surface area contributed by atoms with Crippen molar-refractivity contribution in [3.8, 4) is 5.75 Å². The summed E-state index contributed by atoms with van der Waals surface area (Å²) < 4.78 is 48.0. The highest BCUT2D eigenvalue weighted by Gasteiger charge is 2.69. The summed E-state index contributed by atoms with van der Waals surface area (Å²) in [5.74, 6) is -1.85. The van der Waals surface area contributed by atoms with Gasteiger partial charge in [-0.05, 0) is 62.5 Å². The van der Waals surface area contributed by atoms with Gasteiger partial charge >= 0.3 is 6.18 Å². The van der Waals surface area contributed by atoms with Gasteiger partial charge in [-0.1, -0.05) is 38.5 Å². The summed E-state index contributed by atoms with van der Waals surface area (Å²) in [4.78, 5) is 12.8. The van der Waals surface area contributed by atoms with Gasteiger partial charge in [-0.15, -0.1) is 0 Å². The Hall–Kier alpha value is -2.09. The maximum absolute atomic E-state index is 14.1. The van der Waals surface area contributed by atoms with Crippen molar-refractivity contribution in [1.82, 2.24) is 5.01 Å². The molecular formula is C23H31F3N2O3. The molecule has 1 N–H and O–H groups in total. The number of halogens is 3. The van der Waals surface area contributed by atoms with Gasteiger partial charge in [0.05, 0.1) is 5.92 Å². The van der Waals surface area contributed by atoms with Crippen molar-refractivity contribution < 1.29 is 27.8 Å². The van der Waals surface area contributed by atoms with E-state index in [1.165, 1.54) is 0 Å². The number of carbonyl (C=O) groups is 1. The molecule has 2 aliphatic rings. The highest BCUT2D eigenvalue weighted by atomic mass is 19.4. The van der Waals surface area contributed by atoms with E-state index in [0.717, 1.165) is 16.7 Å². The third kappa shape index (κ3) is 4.19. The fraction of sp³-hybridized carbons (Fsp3) is 0.652. The van der Waals surface area contributed by atoms with Crippen molar-refractivity contribution in [2.45, 2.75) is 72.7 Å². The molecule has 1 heterocycles. The zero-order valence-electron chi connectivity index (χ0n) is 18.9. The standard InChI is InChI=1S/C23H31F3N2O3/c1-13-9-14(2)20(15(3)10-13)31-12-19(29)28-22(30,23(24,25)26)17-11-16(21(4,5)6)7-8-18(17)27-28/h9-10,16-17,30H,7-8,11-12H2,1-6H3/t16-,17-,22+/m0/s1. The first kappa shape index (κ1) is 23.6. The quantitative estimate of drug-likeness (QED) is 0.727. The number of carbonyl (C=O) groups excluding carboxylic acids is 1. The fourth-order valence-electron chi connectivity index (χ4n) is 4.84. The van der Waals surface area contributed by atoms with E-state index in [1.807, 2.05) is 53.7 Å². The van der Waals surface area contributed by atoms with Crippen LogP contribution >= 0.6 is 0 Å². The number of benzene rings is 1. The number of rotatable bonds is 3. The first-order chi connectivity index (χ1) is 14.2. The summed E-state index contributed by atoms with van der Waals surface area (Å²) in [5, 5.41) is 15.1. The van der Waals surface area contributed by atoms with Gasteiger partial charge in [0.25, 0.3) is 11.6 Å². The summed E-state index contributed by atoms with van der Waals surface area (Å²) in [6.07, 6.45) is -3.92. The molecule has 0 radical (unpaired) electrons. The lowest BCUT2D eigenvalue weighted by molar-refractivity contribution is -0.318. The minimum atomic E-state index is -5.05. The van der Waals surface area contributed by atoms with Crippen LogP contribution in [0.1, 0.15) is 56.7 Å². The van der Waals surface area contributed by atoms with Crippen LogP contribution in [0.3, 0.4) is 0 Å². The SMILES string of the molecule is Cc1cc(C)c(OCC(=O)N2N=C3CC[C@H](C(C)(C)C)C[C@@H]3[C@@]2(O)C(F)(F)F)c(C)c1. The summed E-state index contributed by atoms with van der Waals surface area (Å²) in [6, 6.07) is 3.74. The molecule has 0 aromatic heterocycles. The van der Waals surface area contributed by atoms with Gasteiger partial charge in [0.2, 0.25) is 0 Å². The zero-order chi connectivity index (χ0) is 23.4. The van der Waals surface area contributed by atoms with Crippen LogP contribution in [0.2, 0.25) is 0 Å². The number of hydrogen-bond donors (Lipinski definition) is 1. The maximum atomic E-state index is 14.1. The Bertz CT molecular complexity index is 881. The Balaban J connectivity index is 1.86. The molecule has 1 aromatic carbocycles. The molecule has 5 nitrogen and oxygen atoms in total. The number of hydrogen-bond acceptors (Lipinski definition) is 4. The Morgan fingerprint density at radius 1 is 1.23 bits per heavy atom. The molecule has 1 aromatic rings. The largest absolute Gasteiger partial charge is 0.483 e. The second-order valence-electron chi connectivity index (χ2n) is 9.93. The highest BCUT2D eigenvalue weighted by molar-refractivity contribution is 5.93. The summed E-state index contributed by atoms with van der Waals surface area (Å²) >= 11 is 0. The second-order valence-corrected chi connectivity index (χ2v) is 9.93. The number of aryl methyl sites for hydroxylation is 3. The van der Waals surface area contributed by atoms with E-state index in [2.05, 4.69) is 5.10 Å². The molecule has 0 bridgehead atoms. The predicted molar refractivity (Wildman–Crippen MR) is 112 cm³/mol. The number of nitrogens with zero attached hydrogens (tertiary/aromatic N) is 2. The maximum Gasteiger partial charge on any atom is 0.439 e. The van der Waals surface area contributed by atoms with Crippen molar-refractivity contribution in [2.24, 2.45) is 22.4 Å². The number of hydrazone groups is 1. The number of aliphatic hydroxyl groups is 1. The molecule has 0 saturated heterocycles. The van der Waals surface area contributed by atoms with E-state index < -0.39 is 30.3 Å². The molecule has 172 valence electrons. The summed E-state index contributed by atoms with van der Waals surface area (Å²) in [7, 11) is 0. The van der Waals surface area contributed by atoms with E-state index in [9.17, 15) is 23.1 Å². The van der Waals surface area contributed by atoms with Crippen LogP contribution in [0.4, 0.5) is 13.2 Å². The minimum Gasteiger partial charge on any atom is -0.483 e. The van der Waals surface area contributed by atoms with Crippen LogP contribution in [0, 0.1) is 38.0 Å². The van der Waals surface area contributed by atoms with Crippen molar-refractivity contribution in [1.29, 1.82) is 0 Å². The van der Waals surface area contributed by atoms with Crippen LogP contribution < -0.4 is 4.74 Å². The van der Waals surface area contributed by atoms with Crippen LogP contribution in [-0.2, 0) is 4.79 Å². The van der Waals surface area contributed by atoms with E-state index >= 15 is 0 Å². The molecule has 1 saturated carbocycles. The number of ether oxygens (including phenoxy) is 1. The van der Waals surface area contributed by atoms with E-state index in [0.29, 0.717) is 18.6 Å². The van der Waals surface area contributed by atoms with Crippen LogP contribution in [0.25, 0.3) is 0 Å². The Morgan fingerprint density at radius 2 is 1.81 bits per heavy atom. The number of fused-ring (bicyclic) bond motifs is 1. The topological polar surface area (TPSA) is 62.1 Å². The Kier molecular flexibility index (Phi) is 5.93. The molecule has 8 heteroatoms. The minimum absolute atomic E-state index is 0.0190. The highest BCUT2D eigenvalue weighted by Crippen LogP contribution is 2.51. The smallest absolute Gasteiger partial charge is 0.439 e. The van der Waals surface area contributed by atoms with E-state index in [1.54, 1.807) is 0 Å². The van der Waals surface area contributed by atoms with Crippen molar-refractivity contribution >= 4 is 11.6 Å². The van der Waals surface area contributed by atoms with E-state index in [4.69, 9.17) is 4.74 Å². The lowest BCUT2D eigenvalue weighted by Gasteiger charge is -2.42. The number of alkyl halides is 3. The summed E-state index contributed by atoms with van der Waals surface area (Å²) in [6.45, 7) is 10.8. The fourth-order valence-corrected chi connectivity index (χ4v) is 4.84. The van der Waals surface area contributed by atoms with Crippen LogP contribution in [0.5, 0.6) is 5.75 Å². The van der Waals surface area contributed by atoms with Gasteiger partial charge in [-0.3, -0.25) is 4.79 Å². The zero-order valence-corrected chi connectivity index (χ0v) is 18.9. The lowest BCUT2D eigenvalue weighted by atomic mass is 9.66. The molecule has 3 rings (SSSR count). The van der Waals surface area contributed by atoms with Gasteiger partial charge < -0.3 is 9.84 Å². The third-order valence-corrected chi connectivity index (χ3v) is 6.53. The van der Waals surface area contributed by atoms with Gasteiger partial charge in [-0.2, -0.15) is 23.3 Å². The molecule has 0 unspecified atom stereocenters. The molecule has 0 spiro atoms. The van der Waals surface area contributed by atoms with Gasteiger partial charge in [0.15, 0.2) is 6.61 Å². The van der Waals surface area contributed by atoms with Gasteiger partial charge in [0, 0.05) is 5.71 Å². The molecule has 3 atom stereocenters. The van der Waals surface area contributed by atoms with Crippen LogP contribution in [-0.4, -0.2) is 40.2 Å². The van der Waals surface area contributed by atoms with Crippen molar-refractivity contribution in [3.63, 3.8) is 0 Å². The monoisotopic (exact) mass is 440 g/mol. The average Bonchev–Trinajstić information content (AvgIpc) is 2.93. The van der Waals surface area contributed by atoms with E-state index in [-0.39, 0.29) is 28.5 Å². The summed E-state index contributed by atoms with van der Waals surface area (Å²) in [5.41, 5.74) is -0.750. The molecule has 31 heavy (non-hydrogen) atoms. The predicted octanol–water partition coefficient (Wildman–Crippen LogP) is 4.90. The van der Waals surface area contributed by atoms with Crippen molar-refractivity contribution in [3.05, 3.63) is 28.8 Å². The van der Waals surface area contributed by atoms with Crippen LogP contribution in [0.15, 0.2) is 17.2 Å². The second kappa shape index (κ2) is 7.80. The molecule has 1 fully saturated rings. The average molecular weight is 441 g/mol. The van der Waals surface area contributed by atoms with Gasteiger partial charge in [0.1, 0.15) is 5.75 Å². The lowest BCUT2D eigenvalue weighted by Crippen LogP contribution is -2.62. The van der Waals surface area contributed by atoms with Crippen molar-refractivity contribution in [2.75, 3.05) is 6.61 Å². The normalized spacial score (nSPS) is 26.5. The molecular weight excluding hydrogens is 409 g/mol. The molecule has 1 aliphatic heterocycles. The molecule has 1 aliphatic carbocycles. The Labute approximate surface area is 181 Å². The van der Waals surface area contributed by atoms with Gasteiger partial charge in [-0.25, -0.2) is 0 Å². The first-order valence-corrected chi connectivity index (χ1v) is 10.6. The number of amides is 1. The molecule has 1 amide bonds. The third-order valence-electron chi connectivity index (χ3n) is 6.53.